The molecular formula is C22H26N2O4. The summed E-state index contributed by atoms with van der Waals surface area (Å²) in [6.07, 6.45) is 6.81. The molecule has 0 aliphatic carbocycles. The van der Waals surface area contributed by atoms with E-state index >= 15 is 0 Å². The fourth-order valence-electron chi connectivity index (χ4n) is 4.13. The zero-order valence-electron chi connectivity index (χ0n) is 16.6. The van der Waals surface area contributed by atoms with Crippen molar-refractivity contribution in [2.75, 3.05) is 27.9 Å². The number of rotatable bonds is 6. The average Bonchev–Trinajstić information content (AvgIpc) is 3.38. The molecule has 0 amide bonds. The molecule has 0 radical (unpaired) electrons. The highest BCUT2D eigenvalue weighted by molar-refractivity contribution is 5.55. The molecule has 0 N–H and O–H groups in total. The van der Waals surface area contributed by atoms with Crippen LogP contribution in [0.1, 0.15) is 29.3 Å². The Hall–Kier alpha value is -2.86. The van der Waals surface area contributed by atoms with Gasteiger partial charge in [0.1, 0.15) is 0 Å². The van der Waals surface area contributed by atoms with Gasteiger partial charge in [-0.3, -0.25) is 4.90 Å². The molecule has 1 aliphatic rings. The number of nitrogens with zero attached hydrogens (tertiary/aromatic N) is 2. The van der Waals surface area contributed by atoms with Crippen molar-refractivity contribution < 1.29 is 18.6 Å². The normalized spacial score (nSPS) is 17.0. The predicted molar refractivity (Wildman–Crippen MR) is 106 cm³/mol. The first-order valence-corrected chi connectivity index (χ1v) is 9.45. The van der Waals surface area contributed by atoms with E-state index in [9.17, 15) is 0 Å². The summed E-state index contributed by atoms with van der Waals surface area (Å²) in [5.41, 5.74) is 3.49. The molecule has 1 atom stereocenters. The van der Waals surface area contributed by atoms with E-state index in [1.54, 1.807) is 27.6 Å². The molecule has 0 saturated heterocycles. The number of ether oxygens (including phenoxy) is 3. The number of fused-ring (bicyclic) bond motifs is 1. The third kappa shape index (κ3) is 3.24. The van der Waals surface area contributed by atoms with Crippen molar-refractivity contribution >= 4 is 0 Å². The van der Waals surface area contributed by atoms with E-state index in [0.717, 1.165) is 37.2 Å². The summed E-state index contributed by atoms with van der Waals surface area (Å²) in [5, 5.41) is 0. The van der Waals surface area contributed by atoms with Crippen LogP contribution in [-0.4, -0.2) is 37.3 Å². The Kier molecular flexibility index (Phi) is 5.30. The molecule has 6 heteroatoms. The largest absolute Gasteiger partial charge is 0.493 e. The van der Waals surface area contributed by atoms with Crippen molar-refractivity contribution in [2.24, 2.45) is 0 Å². The maximum absolute atomic E-state index is 5.71. The van der Waals surface area contributed by atoms with Crippen LogP contribution in [0.15, 0.2) is 53.5 Å². The van der Waals surface area contributed by atoms with Crippen LogP contribution in [0, 0.1) is 0 Å². The third-order valence-corrected chi connectivity index (χ3v) is 5.37. The second kappa shape index (κ2) is 8.02. The minimum Gasteiger partial charge on any atom is -0.493 e. The lowest BCUT2D eigenvalue weighted by Gasteiger charge is -2.30. The minimum absolute atomic E-state index is 0.119. The van der Waals surface area contributed by atoms with Gasteiger partial charge in [-0.1, -0.05) is 6.07 Å². The number of hydrogen-bond donors (Lipinski definition) is 0. The SMILES string of the molecule is COc1ccc(CN2CCCn3cccc3C2c2ccoc2)c(OC)c1OC. The molecular weight excluding hydrogens is 356 g/mol. The summed E-state index contributed by atoms with van der Waals surface area (Å²) in [7, 11) is 4.94. The smallest absolute Gasteiger partial charge is 0.203 e. The number of methoxy groups -OCH3 is 3. The number of aromatic nitrogens is 1. The van der Waals surface area contributed by atoms with Crippen LogP contribution in [0.4, 0.5) is 0 Å². The zero-order chi connectivity index (χ0) is 19.5. The van der Waals surface area contributed by atoms with E-state index in [0.29, 0.717) is 17.2 Å². The predicted octanol–water partition coefficient (Wildman–Crippen LogP) is 4.10. The number of hydrogen-bond acceptors (Lipinski definition) is 5. The van der Waals surface area contributed by atoms with Crippen molar-refractivity contribution in [3.05, 3.63) is 65.9 Å². The lowest BCUT2D eigenvalue weighted by molar-refractivity contribution is 0.215. The van der Waals surface area contributed by atoms with Gasteiger partial charge in [0, 0.05) is 42.7 Å². The molecule has 148 valence electrons. The van der Waals surface area contributed by atoms with E-state index < -0.39 is 0 Å². The molecule has 0 fully saturated rings. The van der Waals surface area contributed by atoms with Crippen molar-refractivity contribution in [1.82, 2.24) is 9.47 Å². The molecule has 1 aliphatic heterocycles. The minimum atomic E-state index is 0.119. The third-order valence-electron chi connectivity index (χ3n) is 5.37. The molecule has 0 spiro atoms. The van der Waals surface area contributed by atoms with Crippen molar-refractivity contribution in [3.63, 3.8) is 0 Å². The van der Waals surface area contributed by atoms with E-state index in [1.165, 1.54) is 5.69 Å². The standard InChI is InChI=1S/C22H26N2O4/c1-25-19-8-7-16(21(26-2)22(19)27-3)14-24-12-5-11-23-10-4-6-18(23)20(24)17-9-13-28-15-17/h4,6-10,13,15,20H,5,11-12,14H2,1-3H3. The number of aryl methyl sites for hydroxylation is 1. The Bertz CT molecular complexity index is 917. The first-order chi connectivity index (χ1) is 13.8. The zero-order valence-corrected chi connectivity index (χ0v) is 16.6. The van der Waals surface area contributed by atoms with Crippen molar-refractivity contribution in [3.8, 4) is 17.2 Å². The quantitative estimate of drug-likeness (QED) is 0.642. The molecule has 3 aromatic rings. The van der Waals surface area contributed by atoms with Crippen LogP contribution < -0.4 is 14.2 Å². The number of furan rings is 1. The van der Waals surface area contributed by atoms with Crippen LogP contribution in [0.3, 0.4) is 0 Å². The van der Waals surface area contributed by atoms with Crippen LogP contribution in [0.25, 0.3) is 0 Å². The van der Waals surface area contributed by atoms with Gasteiger partial charge >= 0.3 is 0 Å². The first kappa shape index (κ1) is 18.5. The molecule has 1 aromatic carbocycles. The van der Waals surface area contributed by atoms with E-state index in [1.807, 2.05) is 18.4 Å². The lowest BCUT2D eigenvalue weighted by atomic mass is 10.0. The van der Waals surface area contributed by atoms with Gasteiger partial charge < -0.3 is 23.2 Å². The highest BCUT2D eigenvalue weighted by Crippen LogP contribution is 2.42. The van der Waals surface area contributed by atoms with Gasteiger partial charge in [-0.2, -0.15) is 0 Å². The summed E-state index contributed by atoms with van der Waals surface area (Å²) in [6.45, 7) is 2.70. The molecule has 2 aromatic heterocycles. The van der Waals surface area contributed by atoms with Gasteiger partial charge in [-0.15, -0.1) is 0 Å². The topological polar surface area (TPSA) is 49.0 Å². The maximum Gasteiger partial charge on any atom is 0.203 e. The Balaban J connectivity index is 1.74. The molecule has 1 unspecified atom stereocenters. The summed E-state index contributed by atoms with van der Waals surface area (Å²) in [4.78, 5) is 2.47. The van der Waals surface area contributed by atoms with Crippen LogP contribution in [0.5, 0.6) is 17.2 Å². The van der Waals surface area contributed by atoms with Gasteiger partial charge in [-0.05, 0) is 30.7 Å². The highest BCUT2D eigenvalue weighted by atomic mass is 16.5. The van der Waals surface area contributed by atoms with Crippen LogP contribution in [0.2, 0.25) is 0 Å². The Labute approximate surface area is 165 Å². The second-order valence-electron chi connectivity index (χ2n) is 6.90. The Morgan fingerprint density at radius 1 is 1.00 bits per heavy atom. The molecule has 3 heterocycles. The van der Waals surface area contributed by atoms with Gasteiger partial charge in [-0.25, -0.2) is 0 Å². The van der Waals surface area contributed by atoms with E-state index in [4.69, 9.17) is 18.6 Å². The van der Waals surface area contributed by atoms with Crippen LogP contribution in [-0.2, 0) is 13.1 Å². The van der Waals surface area contributed by atoms with Crippen LogP contribution >= 0.6 is 0 Å². The Morgan fingerprint density at radius 3 is 2.57 bits per heavy atom. The highest BCUT2D eigenvalue weighted by Gasteiger charge is 2.29. The van der Waals surface area contributed by atoms with Gasteiger partial charge in [0.05, 0.1) is 39.9 Å². The van der Waals surface area contributed by atoms with Gasteiger partial charge in [0.15, 0.2) is 11.5 Å². The first-order valence-electron chi connectivity index (χ1n) is 9.45. The van der Waals surface area contributed by atoms with E-state index in [2.05, 4.69) is 33.9 Å². The molecule has 0 bridgehead atoms. The van der Waals surface area contributed by atoms with Crippen molar-refractivity contribution in [1.29, 1.82) is 0 Å². The van der Waals surface area contributed by atoms with Gasteiger partial charge in [0.25, 0.3) is 0 Å². The lowest BCUT2D eigenvalue weighted by Crippen LogP contribution is -2.29. The fourth-order valence-corrected chi connectivity index (χ4v) is 4.13. The molecule has 28 heavy (non-hydrogen) atoms. The Morgan fingerprint density at radius 2 is 1.86 bits per heavy atom. The fraction of sp³-hybridized carbons (Fsp3) is 0.364. The van der Waals surface area contributed by atoms with E-state index in [-0.39, 0.29) is 6.04 Å². The van der Waals surface area contributed by atoms with Crippen molar-refractivity contribution in [2.45, 2.75) is 25.6 Å². The number of benzene rings is 1. The molecule has 0 saturated carbocycles. The summed E-state index contributed by atoms with van der Waals surface area (Å²) >= 11 is 0. The molecule has 4 rings (SSSR count). The maximum atomic E-state index is 5.71. The average molecular weight is 382 g/mol. The second-order valence-corrected chi connectivity index (χ2v) is 6.90. The molecule has 6 nitrogen and oxygen atoms in total. The summed E-state index contributed by atoms with van der Waals surface area (Å²) in [6, 6.07) is 10.5. The van der Waals surface area contributed by atoms with Gasteiger partial charge in [0.2, 0.25) is 5.75 Å². The summed E-state index contributed by atoms with van der Waals surface area (Å²) < 4.78 is 24.5. The summed E-state index contributed by atoms with van der Waals surface area (Å²) in [5.74, 6) is 2.01. The monoisotopic (exact) mass is 382 g/mol.